The van der Waals surface area contributed by atoms with Gasteiger partial charge in [0.2, 0.25) is 0 Å². The van der Waals surface area contributed by atoms with Crippen LogP contribution in [0.3, 0.4) is 0 Å². The average molecular weight is 197 g/mol. The van der Waals surface area contributed by atoms with E-state index in [2.05, 4.69) is 5.32 Å². The fourth-order valence-corrected chi connectivity index (χ4v) is 2.85. The second-order valence-electron chi connectivity index (χ2n) is 4.14. The van der Waals surface area contributed by atoms with E-state index in [1.165, 1.54) is 7.11 Å². The molecule has 2 aliphatic rings. The first-order valence-electron chi connectivity index (χ1n) is 4.99. The third-order valence-corrected chi connectivity index (χ3v) is 3.41. The Morgan fingerprint density at radius 1 is 1.21 bits per heavy atom. The van der Waals surface area contributed by atoms with Gasteiger partial charge in [-0.15, -0.1) is 0 Å². The first-order chi connectivity index (χ1) is 6.65. The van der Waals surface area contributed by atoms with Crippen LogP contribution in [-0.4, -0.2) is 30.9 Å². The maximum absolute atomic E-state index is 11.5. The molecule has 2 heterocycles. The van der Waals surface area contributed by atoms with Crippen molar-refractivity contribution in [2.45, 2.75) is 31.8 Å². The Labute approximate surface area is 83.0 Å². The molecule has 0 amide bonds. The van der Waals surface area contributed by atoms with Gasteiger partial charge in [0.1, 0.15) is 5.78 Å². The van der Waals surface area contributed by atoms with E-state index in [0.29, 0.717) is 0 Å². The van der Waals surface area contributed by atoms with Crippen LogP contribution in [0.4, 0.5) is 0 Å². The van der Waals surface area contributed by atoms with E-state index in [9.17, 15) is 9.59 Å². The molecule has 0 saturated carbocycles. The van der Waals surface area contributed by atoms with Gasteiger partial charge in [0.15, 0.2) is 0 Å². The van der Waals surface area contributed by atoms with Crippen LogP contribution in [0, 0.1) is 11.8 Å². The molecular formula is C10H15NO3. The highest BCUT2D eigenvalue weighted by molar-refractivity contribution is 5.87. The molecule has 78 valence electrons. The largest absolute Gasteiger partial charge is 0.469 e. The maximum atomic E-state index is 11.5. The molecule has 4 atom stereocenters. The average Bonchev–Trinajstić information content (AvgIpc) is 2.74. The Balaban J connectivity index is 2.21. The number of carbonyl (C=O) groups is 2. The summed E-state index contributed by atoms with van der Waals surface area (Å²) >= 11 is 0. The molecule has 2 fully saturated rings. The van der Waals surface area contributed by atoms with E-state index in [1.54, 1.807) is 6.92 Å². The summed E-state index contributed by atoms with van der Waals surface area (Å²) in [5, 5.41) is 3.30. The van der Waals surface area contributed by atoms with E-state index in [0.717, 1.165) is 12.8 Å². The summed E-state index contributed by atoms with van der Waals surface area (Å²) in [4.78, 5) is 22.9. The van der Waals surface area contributed by atoms with Crippen LogP contribution < -0.4 is 5.32 Å². The molecule has 1 N–H and O–H groups in total. The molecule has 14 heavy (non-hydrogen) atoms. The summed E-state index contributed by atoms with van der Waals surface area (Å²) < 4.78 is 4.74. The zero-order valence-electron chi connectivity index (χ0n) is 8.45. The number of fused-ring (bicyclic) bond motifs is 2. The lowest BCUT2D eigenvalue weighted by Crippen LogP contribution is -2.37. The number of ketones is 1. The highest BCUT2D eigenvalue weighted by Crippen LogP contribution is 2.39. The van der Waals surface area contributed by atoms with Crippen molar-refractivity contribution >= 4 is 11.8 Å². The fourth-order valence-electron chi connectivity index (χ4n) is 2.85. The summed E-state index contributed by atoms with van der Waals surface area (Å²) in [7, 11) is 1.38. The topological polar surface area (TPSA) is 55.4 Å². The van der Waals surface area contributed by atoms with E-state index in [1.807, 2.05) is 0 Å². The van der Waals surface area contributed by atoms with Crippen LogP contribution in [0.5, 0.6) is 0 Å². The third kappa shape index (κ3) is 1.25. The lowest BCUT2D eigenvalue weighted by Gasteiger charge is -2.25. The monoisotopic (exact) mass is 197 g/mol. The first kappa shape index (κ1) is 9.65. The highest BCUT2D eigenvalue weighted by atomic mass is 16.5. The Morgan fingerprint density at radius 2 is 1.79 bits per heavy atom. The van der Waals surface area contributed by atoms with Crippen LogP contribution in [0.1, 0.15) is 19.8 Å². The first-order valence-corrected chi connectivity index (χ1v) is 4.99. The number of esters is 1. The molecule has 0 aromatic rings. The number of hydrogen-bond acceptors (Lipinski definition) is 4. The van der Waals surface area contributed by atoms with Gasteiger partial charge in [-0.05, 0) is 19.8 Å². The molecule has 2 bridgehead atoms. The lowest BCUT2D eigenvalue weighted by atomic mass is 9.77. The Morgan fingerprint density at radius 3 is 2.29 bits per heavy atom. The van der Waals surface area contributed by atoms with E-state index >= 15 is 0 Å². The second kappa shape index (κ2) is 3.35. The fraction of sp³-hybridized carbons (Fsp3) is 0.800. The Kier molecular flexibility index (Phi) is 2.31. The van der Waals surface area contributed by atoms with Gasteiger partial charge in [-0.1, -0.05) is 0 Å². The zero-order valence-corrected chi connectivity index (χ0v) is 8.45. The van der Waals surface area contributed by atoms with Crippen LogP contribution >= 0.6 is 0 Å². The van der Waals surface area contributed by atoms with Crippen molar-refractivity contribution in [1.82, 2.24) is 5.32 Å². The molecule has 0 aromatic carbocycles. The number of Topliss-reactive ketones (excluding diaryl/α,β-unsaturated/α-hetero) is 1. The van der Waals surface area contributed by atoms with E-state index in [-0.39, 0.29) is 35.7 Å². The van der Waals surface area contributed by atoms with Gasteiger partial charge in [-0.2, -0.15) is 0 Å². The summed E-state index contributed by atoms with van der Waals surface area (Å²) in [5.41, 5.74) is 0. The number of carbonyl (C=O) groups excluding carboxylic acids is 2. The number of ether oxygens (including phenoxy) is 1. The Bertz CT molecular complexity index is 277. The van der Waals surface area contributed by atoms with Crippen LogP contribution in [0.2, 0.25) is 0 Å². The summed E-state index contributed by atoms with van der Waals surface area (Å²) in [6.45, 7) is 1.56. The number of nitrogens with one attached hydrogen (secondary N) is 1. The van der Waals surface area contributed by atoms with Crippen LogP contribution in [0.25, 0.3) is 0 Å². The van der Waals surface area contributed by atoms with Gasteiger partial charge < -0.3 is 10.1 Å². The summed E-state index contributed by atoms with van der Waals surface area (Å²) in [6.07, 6.45) is 1.98. The van der Waals surface area contributed by atoms with Crippen molar-refractivity contribution in [3.63, 3.8) is 0 Å². The van der Waals surface area contributed by atoms with E-state index in [4.69, 9.17) is 4.74 Å². The SMILES string of the molecule is COC(=O)[C@@H]1[C@@H](C(C)=O)[C@@H]2CC[C@H]1N2. The van der Waals surface area contributed by atoms with Gasteiger partial charge in [-0.3, -0.25) is 9.59 Å². The van der Waals surface area contributed by atoms with Crippen molar-refractivity contribution in [1.29, 1.82) is 0 Å². The second-order valence-corrected chi connectivity index (χ2v) is 4.14. The molecule has 4 nitrogen and oxygen atoms in total. The minimum absolute atomic E-state index is 0.0973. The van der Waals surface area contributed by atoms with Gasteiger partial charge >= 0.3 is 5.97 Å². The number of rotatable bonds is 2. The van der Waals surface area contributed by atoms with Crippen LogP contribution in [0.15, 0.2) is 0 Å². The molecule has 0 unspecified atom stereocenters. The van der Waals surface area contributed by atoms with Crippen molar-refractivity contribution in [2.24, 2.45) is 11.8 Å². The summed E-state index contributed by atoms with van der Waals surface area (Å²) in [6, 6.07) is 0.350. The van der Waals surface area contributed by atoms with Gasteiger partial charge in [0.25, 0.3) is 0 Å². The third-order valence-electron chi connectivity index (χ3n) is 3.41. The molecular weight excluding hydrogens is 182 g/mol. The molecule has 2 aliphatic heterocycles. The van der Waals surface area contributed by atoms with Gasteiger partial charge in [0.05, 0.1) is 13.0 Å². The quantitative estimate of drug-likeness (QED) is 0.639. The standard InChI is InChI=1S/C10H15NO3/c1-5(12)8-6-3-4-7(11-6)9(8)10(13)14-2/h6-9,11H,3-4H2,1-2H3/t6-,7+,8-,9-/m0/s1. The molecule has 4 heteroatoms. The predicted molar refractivity (Wildman–Crippen MR) is 49.6 cm³/mol. The molecule has 0 aromatic heterocycles. The maximum Gasteiger partial charge on any atom is 0.311 e. The zero-order chi connectivity index (χ0) is 10.3. The smallest absolute Gasteiger partial charge is 0.311 e. The molecule has 0 radical (unpaired) electrons. The normalized spacial score (nSPS) is 39.9. The molecule has 2 rings (SSSR count). The molecule has 0 spiro atoms. The predicted octanol–water partition coefficient (Wildman–Crippen LogP) is 0.115. The molecule has 2 saturated heterocycles. The number of methoxy groups -OCH3 is 1. The van der Waals surface area contributed by atoms with Gasteiger partial charge in [0, 0.05) is 18.0 Å². The lowest BCUT2D eigenvalue weighted by molar-refractivity contribution is -0.150. The minimum atomic E-state index is -0.253. The van der Waals surface area contributed by atoms with Crippen molar-refractivity contribution in [2.75, 3.05) is 7.11 Å². The molecule has 0 aliphatic carbocycles. The minimum Gasteiger partial charge on any atom is -0.469 e. The van der Waals surface area contributed by atoms with Crippen LogP contribution in [-0.2, 0) is 14.3 Å². The summed E-state index contributed by atoms with van der Waals surface area (Å²) in [5.74, 6) is -0.567. The number of hydrogen-bond donors (Lipinski definition) is 1. The Hall–Kier alpha value is -0.900. The van der Waals surface area contributed by atoms with Crippen molar-refractivity contribution in [3.8, 4) is 0 Å². The van der Waals surface area contributed by atoms with E-state index < -0.39 is 0 Å². The highest BCUT2D eigenvalue weighted by Gasteiger charge is 2.53. The van der Waals surface area contributed by atoms with Crippen molar-refractivity contribution < 1.29 is 14.3 Å². The van der Waals surface area contributed by atoms with Crippen molar-refractivity contribution in [3.05, 3.63) is 0 Å². The van der Waals surface area contributed by atoms with Gasteiger partial charge in [-0.25, -0.2) is 0 Å².